The first kappa shape index (κ1) is 18.7. The maximum atomic E-state index is 12.7. The van der Waals surface area contributed by atoms with Crippen LogP contribution >= 0.6 is 0 Å². The van der Waals surface area contributed by atoms with E-state index in [1.807, 2.05) is 11.8 Å². The molecule has 0 aromatic heterocycles. The van der Waals surface area contributed by atoms with E-state index in [9.17, 15) is 9.59 Å². The van der Waals surface area contributed by atoms with Crippen molar-refractivity contribution in [2.75, 3.05) is 26.2 Å². The topological polar surface area (TPSA) is 52.7 Å². The molecule has 0 aromatic rings. The van der Waals surface area contributed by atoms with Crippen LogP contribution in [0.25, 0.3) is 0 Å². The first-order chi connectivity index (χ1) is 12.1. The lowest BCUT2D eigenvalue weighted by Crippen LogP contribution is -2.52. The summed E-state index contributed by atoms with van der Waals surface area (Å²) in [7, 11) is 0. The summed E-state index contributed by atoms with van der Waals surface area (Å²) in [5.74, 6) is 0.676. The van der Waals surface area contributed by atoms with Gasteiger partial charge in [-0.25, -0.2) is 0 Å². The number of likely N-dealkylation sites (tertiary alicyclic amines) is 2. The molecule has 0 unspecified atom stereocenters. The molecular weight excluding hydrogens is 314 g/mol. The van der Waals surface area contributed by atoms with Gasteiger partial charge in [0.05, 0.1) is 0 Å². The Hall–Kier alpha value is -1.10. The maximum absolute atomic E-state index is 12.7. The van der Waals surface area contributed by atoms with Gasteiger partial charge in [0, 0.05) is 25.6 Å². The summed E-state index contributed by atoms with van der Waals surface area (Å²) in [6.07, 6.45) is 11.6. The Kier molecular flexibility index (Phi) is 6.74. The van der Waals surface area contributed by atoms with E-state index >= 15 is 0 Å². The molecule has 2 amide bonds. The van der Waals surface area contributed by atoms with Gasteiger partial charge in [-0.3, -0.25) is 9.59 Å². The largest absolute Gasteiger partial charge is 0.345 e. The van der Waals surface area contributed by atoms with Crippen LogP contribution in [0, 0.1) is 5.92 Å². The molecule has 1 atom stereocenters. The molecule has 0 bridgehead atoms. The molecule has 5 nitrogen and oxygen atoms in total. The number of carbonyl (C=O) groups excluding carboxylic acids is 2. The van der Waals surface area contributed by atoms with Crippen LogP contribution < -0.4 is 5.32 Å². The minimum Gasteiger partial charge on any atom is -0.345 e. The fraction of sp³-hybridized carbons (Fsp3) is 0.900. The van der Waals surface area contributed by atoms with Crippen molar-refractivity contribution >= 4 is 11.8 Å². The van der Waals surface area contributed by atoms with E-state index in [1.54, 1.807) is 0 Å². The summed E-state index contributed by atoms with van der Waals surface area (Å²) < 4.78 is 0. The minimum atomic E-state index is -0.388. The highest BCUT2D eigenvalue weighted by Crippen LogP contribution is 2.27. The highest BCUT2D eigenvalue weighted by atomic mass is 16.2. The molecule has 2 heterocycles. The number of hydrogen-bond acceptors (Lipinski definition) is 3. The summed E-state index contributed by atoms with van der Waals surface area (Å²) in [5.41, 5.74) is 0. The zero-order valence-corrected chi connectivity index (χ0v) is 15.8. The number of hydrogen-bond donors (Lipinski definition) is 1. The van der Waals surface area contributed by atoms with Crippen LogP contribution in [0.4, 0.5) is 0 Å². The van der Waals surface area contributed by atoms with Gasteiger partial charge >= 0.3 is 0 Å². The zero-order valence-electron chi connectivity index (χ0n) is 15.8. The van der Waals surface area contributed by atoms with Crippen LogP contribution in [0.5, 0.6) is 0 Å². The highest BCUT2D eigenvalue weighted by Gasteiger charge is 2.30. The fourth-order valence-electron chi connectivity index (χ4n) is 4.85. The van der Waals surface area contributed by atoms with Gasteiger partial charge < -0.3 is 15.1 Å². The molecule has 0 aromatic carbocycles. The molecule has 1 aliphatic carbocycles. The molecule has 142 valence electrons. The van der Waals surface area contributed by atoms with Crippen LogP contribution in [-0.4, -0.2) is 59.9 Å². The fourth-order valence-corrected chi connectivity index (χ4v) is 4.85. The van der Waals surface area contributed by atoms with E-state index in [0.29, 0.717) is 18.4 Å². The molecule has 1 N–H and O–H groups in total. The van der Waals surface area contributed by atoms with Crippen molar-refractivity contribution in [3.63, 3.8) is 0 Å². The first-order valence-corrected chi connectivity index (χ1v) is 10.5. The van der Waals surface area contributed by atoms with Gasteiger partial charge in [0.2, 0.25) is 11.8 Å². The summed E-state index contributed by atoms with van der Waals surface area (Å²) in [6, 6.07) is 0.261. The second-order valence-corrected chi connectivity index (χ2v) is 8.30. The predicted molar refractivity (Wildman–Crippen MR) is 99.2 cm³/mol. The molecule has 0 radical (unpaired) electrons. The third-order valence-corrected chi connectivity index (χ3v) is 6.38. The lowest BCUT2D eigenvalue weighted by atomic mass is 9.99. The highest BCUT2D eigenvalue weighted by molar-refractivity contribution is 5.87. The van der Waals surface area contributed by atoms with Gasteiger partial charge in [-0.15, -0.1) is 0 Å². The molecular formula is C20H35N3O2. The average Bonchev–Trinajstić information content (AvgIpc) is 3.14. The van der Waals surface area contributed by atoms with E-state index in [-0.39, 0.29) is 17.9 Å². The Morgan fingerprint density at radius 1 is 0.920 bits per heavy atom. The molecule has 0 spiro atoms. The van der Waals surface area contributed by atoms with Crippen molar-refractivity contribution in [2.24, 2.45) is 5.92 Å². The average molecular weight is 350 g/mol. The minimum absolute atomic E-state index is 0.0518. The van der Waals surface area contributed by atoms with Gasteiger partial charge in [0.15, 0.2) is 0 Å². The molecule has 5 heteroatoms. The smallest absolute Gasteiger partial charge is 0.244 e. The van der Waals surface area contributed by atoms with Crippen LogP contribution in [0.1, 0.15) is 71.1 Å². The number of piperidine rings is 2. The van der Waals surface area contributed by atoms with Crippen molar-refractivity contribution in [3.05, 3.63) is 0 Å². The van der Waals surface area contributed by atoms with E-state index in [1.165, 1.54) is 58.0 Å². The summed E-state index contributed by atoms with van der Waals surface area (Å²) in [4.78, 5) is 29.4. The Balaban J connectivity index is 1.39. The second-order valence-electron chi connectivity index (χ2n) is 8.30. The van der Waals surface area contributed by atoms with Crippen molar-refractivity contribution < 1.29 is 9.59 Å². The SMILES string of the molecule is C[C@@H](NC(=O)CC1CCCC1)C(=O)N1CCC(N2CCCCC2)CC1. The summed E-state index contributed by atoms with van der Waals surface area (Å²) in [6.45, 7) is 5.97. The van der Waals surface area contributed by atoms with E-state index < -0.39 is 0 Å². The normalized spacial score (nSPS) is 25.1. The molecule has 25 heavy (non-hydrogen) atoms. The molecule has 2 saturated heterocycles. The maximum Gasteiger partial charge on any atom is 0.244 e. The number of carbonyl (C=O) groups is 2. The molecule has 3 rings (SSSR count). The summed E-state index contributed by atoms with van der Waals surface area (Å²) >= 11 is 0. The number of amides is 2. The summed E-state index contributed by atoms with van der Waals surface area (Å²) in [5, 5.41) is 2.94. The predicted octanol–water partition coefficient (Wildman–Crippen LogP) is 2.55. The quantitative estimate of drug-likeness (QED) is 0.830. The number of rotatable bonds is 5. The van der Waals surface area contributed by atoms with E-state index in [0.717, 1.165) is 25.9 Å². The van der Waals surface area contributed by atoms with Gasteiger partial charge in [-0.1, -0.05) is 19.3 Å². The standard InChI is InChI=1S/C20H35N3O2/c1-16(21-19(24)15-17-7-3-4-8-17)20(25)23-13-9-18(10-14-23)22-11-5-2-6-12-22/h16-18H,2-15H2,1H3,(H,21,24)/t16-/m1/s1. The van der Waals surface area contributed by atoms with Crippen LogP contribution in [0.2, 0.25) is 0 Å². The molecule has 2 aliphatic heterocycles. The Morgan fingerprint density at radius 2 is 1.56 bits per heavy atom. The van der Waals surface area contributed by atoms with Gasteiger partial charge in [0.1, 0.15) is 6.04 Å². The number of nitrogens with one attached hydrogen (secondary N) is 1. The molecule has 3 fully saturated rings. The first-order valence-electron chi connectivity index (χ1n) is 10.5. The van der Waals surface area contributed by atoms with Gasteiger partial charge in [0.25, 0.3) is 0 Å². The van der Waals surface area contributed by atoms with Crippen molar-refractivity contribution in [2.45, 2.75) is 83.2 Å². The van der Waals surface area contributed by atoms with E-state index in [2.05, 4.69) is 10.2 Å². The van der Waals surface area contributed by atoms with Crippen LogP contribution in [-0.2, 0) is 9.59 Å². The Bertz CT molecular complexity index is 448. The Labute approximate surface area is 152 Å². The third kappa shape index (κ3) is 5.19. The molecule has 1 saturated carbocycles. The van der Waals surface area contributed by atoms with Gasteiger partial charge in [-0.2, -0.15) is 0 Å². The lowest BCUT2D eigenvalue weighted by Gasteiger charge is -2.40. The van der Waals surface area contributed by atoms with Crippen molar-refractivity contribution in [1.29, 1.82) is 0 Å². The molecule has 3 aliphatic rings. The van der Waals surface area contributed by atoms with Crippen LogP contribution in [0.15, 0.2) is 0 Å². The van der Waals surface area contributed by atoms with Crippen molar-refractivity contribution in [3.8, 4) is 0 Å². The lowest BCUT2D eigenvalue weighted by molar-refractivity contribution is -0.137. The van der Waals surface area contributed by atoms with Gasteiger partial charge in [-0.05, 0) is 64.5 Å². The monoisotopic (exact) mass is 349 g/mol. The van der Waals surface area contributed by atoms with E-state index in [4.69, 9.17) is 0 Å². The second kappa shape index (κ2) is 9.02. The third-order valence-electron chi connectivity index (χ3n) is 6.38. The number of nitrogens with zero attached hydrogens (tertiary/aromatic N) is 2. The van der Waals surface area contributed by atoms with Crippen molar-refractivity contribution in [1.82, 2.24) is 15.1 Å². The Morgan fingerprint density at radius 3 is 2.20 bits per heavy atom. The van der Waals surface area contributed by atoms with Crippen LogP contribution in [0.3, 0.4) is 0 Å². The zero-order chi connectivity index (χ0) is 17.6.